The highest BCUT2D eigenvalue weighted by atomic mass is 16.6. The highest BCUT2D eigenvalue weighted by Gasteiger charge is 2.52. The SMILES string of the molecule is CC(C)C[C@@](C/C=C/c1ccccc1)(C(=O)OC(C)(C)C)[N+](=O)[O-]. The van der Waals surface area contributed by atoms with E-state index in [2.05, 4.69) is 0 Å². The number of benzene rings is 1. The summed E-state index contributed by atoms with van der Waals surface area (Å²) in [4.78, 5) is 23.9. The minimum absolute atomic E-state index is 0.00197. The van der Waals surface area contributed by atoms with Crippen LogP contribution in [0.15, 0.2) is 36.4 Å². The third kappa shape index (κ3) is 5.80. The van der Waals surface area contributed by atoms with Gasteiger partial charge >= 0.3 is 11.5 Å². The van der Waals surface area contributed by atoms with E-state index in [0.29, 0.717) is 0 Å². The van der Waals surface area contributed by atoms with Gasteiger partial charge in [0.15, 0.2) is 0 Å². The Morgan fingerprint density at radius 1 is 1.25 bits per heavy atom. The van der Waals surface area contributed by atoms with E-state index in [-0.39, 0.29) is 18.8 Å². The Labute approximate surface area is 143 Å². The minimum Gasteiger partial charge on any atom is -0.455 e. The van der Waals surface area contributed by atoms with Crippen LogP contribution in [0.3, 0.4) is 0 Å². The fourth-order valence-electron chi connectivity index (χ4n) is 2.48. The quantitative estimate of drug-likeness (QED) is 0.419. The Balaban J connectivity index is 3.09. The van der Waals surface area contributed by atoms with Crippen molar-refractivity contribution in [3.8, 4) is 0 Å². The van der Waals surface area contributed by atoms with Crippen LogP contribution < -0.4 is 0 Å². The van der Waals surface area contributed by atoms with Crippen molar-refractivity contribution in [2.45, 2.75) is 58.6 Å². The molecule has 1 atom stereocenters. The summed E-state index contributed by atoms with van der Waals surface area (Å²) in [5, 5.41) is 11.8. The van der Waals surface area contributed by atoms with E-state index in [9.17, 15) is 14.9 Å². The lowest BCUT2D eigenvalue weighted by atomic mass is 9.85. The summed E-state index contributed by atoms with van der Waals surface area (Å²) in [5.74, 6) is -0.778. The van der Waals surface area contributed by atoms with Crippen LogP contribution in [0.2, 0.25) is 0 Å². The van der Waals surface area contributed by atoms with E-state index < -0.39 is 22.0 Å². The first-order valence-corrected chi connectivity index (χ1v) is 8.16. The molecule has 0 bridgehead atoms. The number of nitro groups is 1. The first-order chi connectivity index (χ1) is 11.1. The van der Waals surface area contributed by atoms with E-state index >= 15 is 0 Å². The predicted octanol–water partition coefficient (Wildman–Crippen LogP) is 4.49. The van der Waals surface area contributed by atoms with Gasteiger partial charge in [0.1, 0.15) is 5.60 Å². The summed E-state index contributed by atoms with van der Waals surface area (Å²) in [6, 6.07) is 9.49. The lowest BCUT2D eigenvalue weighted by Crippen LogP contribution is -2.50. The molecule has 1 aromatic carbocycles. The number of rotatable bonds is 7. The molecule has 0 fully saturated rings. The molecule has 0 amide bonds. The van der Waals surface area contributed by atoms with Crippen LogP contribution in [0.4, 0.5) is 0 Å². The van der Waals surface area contributed by atoms with Gasteiger partial charge in [0.05, 0.1) is 0 Å². The van der Waals surface area contributed by atoms with Crippen LogP contribution in [0.5, 0.6) is 0 Å². The van der Waals surface area contributed by atoms with E-state index in [0.717, 1.165) is 5.56 Å². The van der Waals surface area contributed by atoms with Gasteiger partial charge in [0.25, 0.3) is 0 Å². The van der Waals surface area contributed by atoms with Gasteiger partial charge in [0, 0.05) is 17.8 Å². The van der Waals surface area contributed by atoms with Crippen LogP contribution >= 0.6 is 0 Å². The van der Waals surface area contributed by atoms with Crippen molar-refractivity contribution < 1.29 is 14.5 Å². The second kappa shape index (κ2) is 8.08. The maximum Gasteiger partial charge on any atom is 0.385 e. The molecule has 0 unspecified atom stereocenters. The smallest absolute Gasteiger partial charge is 0.385 e. The summed E-state index contributed by atoms with van der Waals surface area (Å²) in [6.07, 6.45) is 3.61. The summed E-state index contributed by atoms with van der Waals surface area (Å²) < 4.78 is 5.35. The van der Waals surface area contributed by atoms with Gasteiger partial charge < -0.3 is 4.74 Å². The van der Waals surface area contributed by atoms with E-state index in [1.165, 1.54) is 0 Å². The zero-order chi connectivity index (χ0) is 18.4. The molecule has 0 aliphatic rings. The Morgan fingerprint density at radius 3 is 2.29 bits per heavy atom. The number of carbonyl (C=O) groups is 1. The highest BCUT2D eigenvalue weighted by molar-refractivity contribution is 5.80. The molecule has 0 saturated heterocycles. The van der Waals surface area contributed by atoms with Crippen LogP contribution in [-0.4, -0.2) is 22.0 Å². The maximum absolute atomic E-state index is 12.6. The van der Waals surface area contributed by atoms with E-state index in [1.807, 2.05) is 44.2 Å². The Morgan fingerprint density at radius 2 is 1.83 bits per heavy atom. The molecule has 1 rings (SSSR count). The minimum atomic E-state index is -1.76. The fourth-order valence-corrected chi connectivity index (χ4v) is 2.48. The molecule has 0 saturated carbocycles. The first-order valence-electron chi connectivity index (χ1n) is 8.16. The van der Waals surface area contributed by atoms with Gasteiger partial charge in [-0.15, -0.1) is 0 Å². The van der Waals surface area contributed by atoms with Gasteiger partial charge in [-0.05, 0) is 32.3 Å². The van der Waals surface area contributed by atoms with Crippen LogP contribution in [-0.2, 0) is 9.53 Å². The lowest BCUT2D eigenvalue weighted by molar-refractivity contribution is -0.557. The Kier molecular flexibility index (Phi) is 6.70. The number of ether oxygens (including phenoxy) is 1. The van der Waals surface area contributed by atoms with Gasteiger partial charge in [-0.25, -0.2) is 4.79 Å². The van der Waals surface area contributed by atoms with Crippen LogP contribution in [0, 0.1) is 16.0 Å². The third-order valence-corrected chi connectivity index (χ3v) is 3.44. The fraction of sp³-hybridized carbons (Fsp3) is 0.526. The molecule has 0 aliphatic carbocycles. The lowest BCUT2D eigenvalue weighted by Gasteiger charge is -2.28. The highest BCUT2D eigenvalue weighted by Crippen LogP contribution is 2.29. The molecule has 0 radical (unpaired) electrons. The number of esters is 1. The van der Waals surface area contributed by atoms with Crippen LogP contribution in [0.1, 0.15) is 53.0 Å². The molecule has 0 N–H and O–H groups in total. The molecule has 132 valence electrons. The summed E-state index contributed by atoms with van der Waals surface area (Å²) in [7, 11) is 0. The van der Waals surface area contributed by atoms with Crippen molar-refractivity contribution in [2.75, 3.05) is 0 Å². The van der Waals surface area contributed by atoms with Crippen LogP contribution in [0.25, 0.3) is 6.08 Å². The number of nitrogens with zero attached hydrogens (tertiary/aromatic N) is 1. The molecular formula is C19H27NO4. The normalized spacial score (nSPS) is 14.6. The average molecular weight is 333 g/mol. The molecule has 0 heterocycles. The molecule has 5 nitrogen and oxygen atoms in total. The molecular weight excluding hydrogens is 306 g/mol. The van der Waals surface area contributed by atoms with E-state index in [4.69, 9.17) is 4.74 Å². The van der Waals surface area contributed by atoms with Gasteiger partial charge in [-0.3, -0.25) is 10.1 Å². The molecule has 24 heavy (non-hydrogen) atoms. The zero-order valence-corrected chi connectivity index (χ0v) is 15.1. The van der Waals surface area contributed by atoms with Gasteiger partial charge in [-0.1, -0.05) is 56.3 Å². The van der Waals surface area contributed by atoms with Crippen molar-refractivity contribution in [3.63, 3.8) is 0 Å². The Hall–Kier alpha value is -2.17. The summed E-state index contributed by atoms with van der Waals surface area (Å²) in [6.45, 7) is 8.87. The molecule has 0 spiro atoms. The number of carbonyl (C=O) groups excluding carboxylic acids is 1. The molecule has 5 heteroatoms. The second-order valence-corrected chi connectivity index (χ2v) is 7.41. The monoisotopic (exact) mass is 333 g/mol. The Bertz CT molecular complexity index is 587. The number of hydrogen-bond acceptors (Lipinski definition) is 4. The van der Waals surface area contributed by atoms with Gasteiger partial charge in [0.2, 0.25) is 0 Å². The number of hydrogen-bond donors (Lipinski definition) is 0. The van der Waals surface area contributed by atoms with Crippen molar-refractivity contribution in [1.29, 1.82) is 0 Å². The maximum atomic E-state index is 12.6. The summed E-state index contributed by atoms with van der Waals surface area (Å²) in [5.41, 5.74) is -1.59. The third-order valence-electron chi connectivity index (χ3n) is 3.44. The topological polar surface area (TPSA) is 69.4 Å². The second-order valence-electron chi connectivity index (χ2n) is 7.41. The molecule has 1 aromatic rings. The standard InChI is InChI=1S/C19H27NO4/c1-15(2)14-19(20(22)23,17(21)24-18(3,4)5)13-9-12-16-10-7-6-8-11-16/h6-12,15H,13-14H2,1-5H3/b12-9+/t19-/m0/s1. The first kappa shape index (κ1) is 19.9. The molecule has 0 aromatic heterocycles. The van der Waals surface area contributed by atoms with Crippen molar-refractivity contribution in [2.24, 2.45) is 5.92 Å². The zero-order valence-electron chi connectivity index (χ0n) is 15.1. The largest absolute Gasteiger partial charge is 0.455 e. The van der Waals surface area contributed by atoms with Crippen molar-refractivity contribution >= 4 is 12.0 Å². The van der Waals surface area contributed by atoms with Crippen molar-refractivity contribution in [1.82, 2.24) is 0 Å². The van der Waals surface area contributed by atoms with E-state index in [1.54, 1.807) is 32.9 Å². The van der Waals surface area contributed by atoms with Crippen molar-refractivity contribution in [3.05, 3.63) is 52.1 Å². The summed E-state index contributed by atoms with van der Waals surface area (Å²) >= 11 is 0. The predicted molar refractivity (Wildman–Crippen MR) is 95.1 cm³/mol. The van der Waals surface area contributed by atoms with Gasteiger partial charge in [-0.2, -0.15) is 0 Å². The molecule has 0 aliphatic heterocycles. The average Bonchev–Trinajstić information content (AvgIpc) is 2.44.